The van der Waals surface area contributed by atoms with E-state index < -0.39 is 0 Å². The molecule has 0 heterocycles. The van der Waals surface area contributed by atoms with Gasteiger partial charge in [-0.3, -0.25) is 0 Å². The van der Waals surface area contributed by atoms with Crippen LogP contribution < -0.4 is 0 Å². The maximum Gasteiger partial charge on any atom is 0.0415 e. The maximum atomic E-state index is 3.51. The molecule has 0 aliphatic carbocycles. The zero-order valence-electron chi connectivity index (χ0n) is 5.33. The molecule has 0 atom stereocenters. The van der Waals surface area contributed by atoms with Gasteiger partial charge in [0.15, 0.2) is 0 Å². The molecule has 0 nitrogen and oxygen atoms in total. The van der Waals surface area contributed by atoms with Gasteiger partial charge in [0.2, 0.25) is 0 Å². The van der Waals surface area contributed by atoms with Crippen molar-refractivity contribution in [2.24, 2.45) is 0 Å². The van der Waals surface area contributed by atoms with Crippen molar-refractivity contribution in [3.63, 3.8) is 0 Å². The van der Waals surface area contributed by atoms with E-state index in [0.717, 1.165) is 0 Å². The molecule has 0 radical (unpaired) electrons. The molecule has 0 amide bonds. The highest BCUT2D eigenvalue weighted by molar-refractivity contribution is 9.11. The number of alkyl halides is 1. The van der Waals surface area contributed by atoms with E-state index in [1.54, 1.807) is 0 Å². The zero-order chi connectivity index (χ0) is 6.78. The van der Waals surface area contributed by atoms with Gasteiger partial charge >= 0.3 is 0 Å². The first kappa shape index (κ1) is 8.70. The average Bonchev–Trinajstić information content (AvgIpc) is 1.62. The average molecular weight is 242 g/mol. The van der Waals surface area contributed by atoms with Gasteiger partial charge in [0.05, 0.1) is 0 Å². The molecule has 0 aliphatic heterocycles. The van der Waals surface area contributed by atoms with E-state index in [2.05, 4.69) is 52.6 Å². The van der Waals surface area contributed by atoms with Crippen LogP contribution in [0.25, 0.3) is 0 Å². The summed E-state index contributed by atoms with van der Waals surface area (Å²) < 4.78 is 0.135. The van der Waals surface area contributed by atoms with Crippen LogP contribution >= 0.6 is 31.9 Å². The molecular formula is C6H10Br2. The van der Waals surface area contributed by atoms with Gasteiger partial charge in [0.25, 0.3) is 0 Å². The Hall–Kier alpha value is 0.700. The van der Waals surface area contributed by atoms with Crippen molar-refractivity contribution in [2.45, 2.75) is 25.1 Å². The minimum Gasteiger partial charge on any atom is -0.0811 e. The largest absolute Gasteiger partial charge is 0.0811 e. The molecule has 2 heteroatoms. The van der Waals surface area contributed by atoms with Gasteiger partial charge in [0.1, 0.15) is 0 Å². The van der Waals surface area contributed by atoms with E-state index in [0.29, 0.717) is 0 Å². The molecule has 8 heavy (non-hydrogen) atoms. The highest BCUT2D eigenvalue weighted by Gasteiger charge is 2.13. The molecule has 48 valence electrons. The van der Waals surface area contributed by atoms with Gasteiger partial charge in [-0.1, -0.05) is 37.4 Å². The minimum absolute atomic E-state index is 0.135. The minimum atomic E-state index is 0.135. The normalized spacial score (nSPS) is 14.4. The van der Waals surface area contributed by atoms with Crippen LogP contribution in [0.4, 0.5) is 0 Å². The van der Waals surface area contributed by atoms with E-state index >= 15 is 0 Å². The quantitative estimate of drug-likeness (QED) is 0.617. The van der Waals surface area contributed by atoms with Crippen LogP contribution in [0.1, 0.15) is 20.8 Å². The second-order valence-corrected chi connectivity index (χ2v) is 4.70. The predicted octanol–water partition coefficient (Wildman–Crippen LogP) is 3.46. The Bertz CT molecular complexity index is 97.6. The molecule has 0 aromatic heterocycles. The van der Waals surface area contributed by atoms with Gasteiger partial charge in [-0.05, 0) is 25.8 Å². The first-order valence-electron chi connectivity index (χ1n) is 2.45. The van der Waals surface area contributed by atoms with Crippen molar-refractivity contribution < 1.29 is 0 Å². The number of rotatable bonds is 1. The van der Waals surface area contributed by atoms with E-state index in [1.807, 2.05) is 4.99 Å². The second kappa shape index (κ2) is 3.02. The van der Waals surface area contributed by atoms with Crippen LogP contribution in [0.2, 0.25) is 0 Å². The van der Waals surface area contributed by atoms with Crippen molar-refractivity contribution in [3.8, 4) is 0 Å². The number of hydrogen-bond acceptors (Lipinski definition) is 0. The van der Waals surface area contributed by atoms with Gasteiger partial charge < -0.3 is 0 Å². The fourth-order valence-electron chi connectivity index (χ4n) is 0.130. The lowest BCUT2D eigenvalue weighted by molar-refractivity contribution is 0.856. The smallest absolute Gasteiger partial charge is 0.0415 e. The van der Waals surface area contributed by atoms with Crippen molar-refractivity contribution in [1.82, 2.24) is 0 Å². The summed E-state index contributed by atoms with van der Waals surface area (Å²) in [6.45, 7) is 6.30. The third-order valence-corrected chi connectivity index (χ3v) is 2.41. The van der Waals surface area contributed by atoms with Crippen LogP contribution in [0.3, 0.4) is 0 Å². The fourth-order valence-corrected chi connectivity index (χ4v) is 1.12. The first-order chi connectivity index (χ1) is 3.48. The van der Waals surface area contributed by atoms with Crippen molar-refractivity contribution in [2.75, 3.05) is 0 Å². The molecule has 0 saturated heterocycles. The second-order valence-electron chi connectivity index (χ2n) is 2.26. The fraction of sp³-hybridized carbons (Fsp3) is 0.667. The van der Waals surface area contributed by atoms with Crippen LogP contribution in [-0.4, -0.2) is 4.32 Å². The molecule has 0 rings (SSSR count). The molecule has 0 saturated carbocycles. The molecule has 0 spiro atoms. The predicted molar refractivity (Wildman–Crippen MR) is 45.7 cm³/mol. The van der Waals surface area contributed by atoms with E-state index in [9.17, 15) is 0 Å². The molecule has 0 N–H and O–H groups in total. The molecule has 0 aromatic carbocycles. The van der Waals surface area contributed by atoms with Gasteiger partial charge in [-0.15, -0.1) is 0 Å². The monoisotopic (exact) mass is 240 g/mol. The van der Waals surface area contributed by atoms with Gasteiger partial charge in [-0.2, -0.15) is 0 Å². The van der Waals surface area contributed by atoms with E-state index in [-0.39, 0.29) is 4.32 Å². The van der Waals surface area contributed by atoms with Gasteiger partial charge in [0, 0.05) is 4.32 Å². The van der Waals surface area contributed by atoms with E-state index in [1.165, 1.54) is 5.57 Å². The summed E-state index contributed by atoms with van der Waals surface area (Å²) in [5.41, 5.74) is 1.29. The molecule has 0 aromatic rings. The van der Waals surface area contributed by atoms with Crippen LogP contribution in [0.5, 0.6) is 0 Å². The third-order valence-electron chi connectivity index (χ3n) is 1.10. The zero-order valence-corrected chi connectivity index (χ0v) is 8.51. The Kier molecular flexibility index (Phi) is 3.28. The van der Waals surface area contributed by atoms with Crippen molar-refractivity contribution in [1.29, 1.82) is 0 Å². The van der Waals surface area contributed by atoms with Gasteiger partial charge in [-0.25, -0.2) is 0 Å². The lowest BCUT2D eigenvalue weighted by atomic mass is 10.1. The highest BCUT2D eigenvalue weighted by Crippen LogP contribution is 2.25. The Morgan fingerprint density at radius 3 is 1.88 bits per heavy atom. The third kappa shape index (κ3) is 2.88. The molecule has 0 aliphatic rings. The summed E-state index contributed by atoms with van der Waals surface area (Å²) in [4.78, 5) is 1.93. The summed E-state index contributed by atoms with van der Waals surface area (Å²) in [5, 5.41) is 0. The molecule has 0 unspecified atom stereocenters. The Labute approximate surface area is 67.6 Å². The lowest BCUT2D eigenvalue weighted by Gasteiger charge is -2.15. The summed E-state index contributed by atoms with van der Waals surface area (Å²) in [6.07, 6.45) is 0. The summed E-state index contributed by atoms with van der Waals surface area (Å²) >= 11 is 6.76. The number of halogens is 2. The van der Waals surface area contributed by atoms with Crippen molar-refractivity contribution >= 4 is 31.9 Å². The summed E-state index contributed by atoms with van der Waals surface area (Å²) in [7, 11) is 0. The van der Waals surface area contributed by atoms with E-state index in [4.69, 9.17) is 0 Å². The van der Waals surface area contributed by atoms with Crippen molar-refractivity contribution in [3.05, 3.63) is 10.6 Å². The maximum absolute atomic E-state index is 3.51. The topological polar surface area (TPSA) is 0 Å². The SMILES string of the molecule is C/C(=C/Br)C(C)(C)Br. The molecule has 0 fully saturated rings. The number of hydrogen-bond donors (Lipinski definition) is 0. The van der Waals surface area contributed by atoms with Crippen LogP contribution in [-0.2, 0) is 0 Å². The first-order valence-corrected chi connectivity index (χ1v) is 4.15. The highest BCUT2D eigenvalue weighted by atomic mass is 79.9. The molecule has 0 bridgehead atoms. The Morgan fingerprint density at radius 2 is 1.88 bits per heavy atom. The Balaban J connectivity index is 4.03. The van der Waals surface area contributed by atoms with Crippen LogP contribution in [0.15, 0.2) is 10.6 Å². The summed E-state index contributed by atoms with van der Waals surface area (Å²) in [5.74, 6) is 0. The molecular weight excluding hydrogens is 232 g/mol. The standard InChI is InChI=1S/C6H10Br2/c1-5(4-7)6(2,3)8/h4H,1-3H3/b5-4-. The number of allylic oxidation sites excluding steroid dienone is 1. The Morgan fingerprint density at radius 1 is 1.50 bits per heavy atom. The van der Waals surface area contributed by atoms with Crippen LogP contribution in [0, 0.1) is 0 Å². The lowest BCUT2D eigenvalue weighted by Crippen LogP contribution is -2.09. The summed E-state index contributed by atoms with van der Waals surface area (Å²) in [6, 6.07) is 0.